The van der Waals surface area contributed by atoms with E-state index in [1.54, 1.807) is 26.0 Å². The van der Waals surface area contributed by atoms with Crippen LogP contribution in [-0.2, 0) is 39.9 Å². The van der Waals surface area contributed by atoms with Crippen LogP contribution in [0.3, 0.4) is 0 Å². The molecule has 0 aromatic heterocycles. The first-order valence-electron chi connectivity index (χ1n) is 12.3. The van der Waals surface area contributed by atoms with Crippen molar-refractivity contribution in [3.63, 3.8) is 0 Å². The Morgan fingerprint density at radius 2 is 1.44 bits per heavy atom. The fourth-order valence-electron chi connectivity index (χ4n) is 3.59. The first-order chi connectivity index (χ1) is 17.2. The van der Waals surface area contributed by atoms with Crippen molar-refractivity contribution in [2.75, 3.05) is 44.8 Å². The topological polar surface area (TPSA) is 131 Å². The second-order valence-corrected chi connectivity index (χ2v) is 8.93. The molecule has 2 unspecified atom stereocenters. The van der Waals surface area contributed by atoms with Gasteiger partial charge in [0, 0.05) is 36.9 Å². The predicted octanol–water partition coefficient (Wildman–Crippen LogP) is 1.72. The molecule has 0 spiro atoms. The standard InChI is InChI=1S/C26H37N3O7/c1-18(30)10-12-27-23(31)9-6-21-4-7-22(8-5-21)28-24(32)11-14-35-16-17-36-15-13-29-25(33)19(2)20(3)26(29)34/h4-5,7-8,19-20H,6,9-17H2,1-3H3,(H,27,31)(H,28,32). The van der Waals surface area contributed by atoms with Crippen LogP contribution in [0, 0.1) is 11.8 Å². The lowest BCUT2D eigenvalue weighted by Crippen LogP contribution is -2.34. The van der Waals surface area contributed by atoms with Gasteiger partial charge in [0.1, 0.15) is 5.78 Å². The number of benzene rings is 1. The molecule has 4 amide bonds. The molecular weight excluding hydrogens is 466 g/mol. The van der Waals surface area contributed by atoms with Gasteiger partial charge in [0.15, 0.2) is 0 Å². The highest BCUT2D eigenvalue weighted by Gasteiger charge is 2.41. The minimum Gasteiger partial charge on any atom is -0.379 e. The van der Waals surface area contributed by atoms with Crippen molar-refractivity contribution >= 4 is 35.1 Å². The maximum atomic E-state index is 12.1. The molecule has 1 aromatic rings. The minimum absolute atomic E-state index is 0.0422. The molecule has 0 radical (unpaired) electrons. The Bertz CT molecular complexity index is 897. The number of Topliss-reactive ketones (excluding diaryl/α,β-unsaturated/α-hetero) is 1. The maximum Gasteiger partial charge on any atom is 0.232 e. The van der Waals surface area contributed by atoms with Crippen molar-refractivity contribution in [2.45, 2.75) is 46.5 Å². The van der Waals surface area contributed by atoms with Gasteiger partial charge in [-0.2, -0.15) is 0 Å². The highest BCUT2D eigenvalue weighted by atomic mass is 16.5. The first-order valence-corrected chi connectivity index (χ1v) is 12.3. The van der Waals surface area contributed by atoms with E-state index < -0.39 is 0 Å². The quantitative estimate of drug-likeness (QED) is 0.259. The van der Waals surface area contributed by atoms with Crippen molar-refractivity contribution in [1.29, 1.82) is 0 Å². The van der Waals surface area contributed by atoms with E-state index >= 15 is 0 Å². The predicted molar refractivity (Wildman–Crippen MR) is 133 cm³/mol. The number of hydrogen-bond donors (Lipinski definition) is 2. The molecule has 10 heteroatoms. The molecule has 10 nitrogen and oxygen atoms in total. The minimum atomic E-state index is -0.284. The van der Waals surface area contributed by atoms with Gasteiger partial charge in [0.2, 0.25) is 23.6 Å². The Hall–Kier alpha value is -3.11. The van der Waals surface area contributed by atoms with E-state index in [9.17, 15) is 24.0 Å². The number of ketones is 1. The zero-order valence-electron chi connectivity index (χ0n) is 21.3. The number of likely N-dealkylation sites (tertiary alicyclic amines) is 1. The molecule has 1 fully saturated rings. The highest BCUT2D eigenvalue weighted by molar-refractivity contribution is 6.04. The number of hydrogen-bond acceptors (Lipinski definition) is 7. The molecule has 0 aliphatic carbocycles. The van der Waals surface area contributed by atoms with Gasteiger partial charge in [-0.1, -0.05) is 26.0 Å². The van der Waals surface area contributed by atoms with Gasteiger partial charge in [0.05, 0.1) is 39.4 Å². The highest BCUT2D eigenvalue weighted by Crippen LogP contribution is 2.24. The number of carbonyl (C=O) groups excluding carboxylic acids is 5. The Kier molecular flexibility index (Phi) is 12.2. The Labute approximate surface area is 212 Å². The molecule has 198 valence electrons. The summed E-state index contributed by atoms with van der Waals surface area (Å²) in [4.78, 5) is 60.0. The van der Waals surface area contributed by atoms with Gasteiger partial charge in [0.25, 0.3) is 0 Å². The van der Waals surface area contributed by atoms with E-state index in [0.29, 0.717) is 44.7 Å². The molecular formula is C26H37N3O7. The van der Waals surface area contributed by atoms with E-state index in [1.165, 1.54) is 11.8 Å². The summed E-state index contributed by atoms with van der Waals surface area (Å²) in [6.07, 6.45) is 1.42. The summed E-state index contributed by atoms with van der Waals surface area (Å²) in [7, 11) is 0. The summed E-state index contributed by atoms with van der Waals surface area (Å²) in [5, 5.41) is 5.51. The zero-order valence-corrected chi connectivity index (χ0v) is 21.3. The molecule has 2 rings (SSSR count). The lowest BCUT2D eigenvalue weighted by molar-refractivity contribution is -0.140. The number of carbonyl (C=O) groups is 5. The SMILES string of the molecule is CC(=O)CCNC(=O)CCc1ccc(NC(=O)CCOCCOCCN2C(=O)C(C)C(C)C2=O)cc1. The van der Waals surface area contributed by atoms with Crippen LogP contribution < -0.4 is 10.6 Å². The molecule has 1 heterocycles. The number of aryl methyl sites for hydroxylation is 1. The number of rotatable bonds is 16. The molecule has 36 heavy (non-hydrogen) atoms. The lowest BCUT2D eigenvalue weighted by Gasteiger charge is -2.14. The Balaban J connectivity index is 1.52. The van der Waals surface area contributed by atoms with Gasteiger partial charge in [-0.3, -0.25) is 28.9 Å². The average molecular weight is 504 g/mol. The second-order valence-electron chi connectivity index (χ2n) is 8.93. The van der Waals surface area contributed by atoms with Crippen molar-refractivity contribution in [3.8, 4) is 0 Å². The molecule has 1 saturated heterocycles. The van der Waals surface area contributed by atoms with Crippen molar-refractivity contribution in [1.82, 2.24) is 10.2 Å². The molecule has 1 aromatic carbocycles. The third-order valence-corrected chi connectivity index (χ3v) is 6.04. The van der Waals surface area contributed by atoms with Crippen LogP contribution in [0.1, 0.15) is 45.6 Å². The molecule has 2 N–H and O–H groups in total. The summed E-state index contributed by atoms with van der Waals surface area (Å²) in [5.41, 5.74) is 1.63. The summed E-state index contributed by atoms with van der Waals surface area (Å²) in [6, 6.07) is 7.29. The number of amides is 4. The van der Waals surface area contributed by atoms with Crippen LogP contribution in [-0.4, -0.2) is 73.8 Å². The molecule has 2 atom stereocenters. The zero-order chi connectivity index (χ0) is 26.5. The van der Waals surface area contributed by atoms with E-state index in [0.717, 1.165) is 5.56 Å². The fourth-order valence-corrected chi connectivity index (χ4v) is 3.59. The Morgan fingerprint density at radius 3 is 2.06 bits per heavy atom. The first kappa shape index (κ1) is 29.1. The van der Waals surface area contributed by atoms with Crippen molar-refractivity contribution in [3.05, 3.63) is 29.8 Å². The smallest absolute Gasteiger partial charge is 0.232 e. The molecule has 0 bridgehead atoms. The summed E-state index contributed by atoms with van der Waals surface area (Å²) >= 11 is 0. The van der Waals surface area contributed by atoms with Gasteiger partial charge >= 0.3 is 0 Å². The van der Waals surface area contributed by atoms with E-state index in [2.05, 4.69) is 10.6 Å². The molecule has 0 saturated carbocycles. The largest absolute Gasteiger partial charge is 0.379 e. The van der Waals surface area contributed by atoms with Gasteiger partial charge in [-0.05, 0) is 31.0 Å². The molecule has 1 aliphatic rings. The second kappa shape index (κ2) is 15.1. The third kappa shape index (κ3) is 9.87. The van der Waals surface area contributed by atoms with Crippen LogP contribution in [0.5, 0.6) is 0 Å². The normalized spacial score (nSPS) is 17.4. The van der Waals surface area contributed by atoms with Crippen molar-refractivity contribution < 1.29 is 33.4 Å². The third-order valence-electron chi connectivity index (χ3n) is 6.04. The van der Waals surface area contributed by atoms with Gasteiger partial charge < -0.3 is 20.1 Å². The number of nitrogens with one attached hydrogen (secondary N) is 2. The number of anilines is 1. The van der Waals surface area contributed by atoms with Gasteiger partial charge in [-0.25, -0.2) is 0 Å². The van der Waals surface area contributed by atoms with Crippen LogP contribution >= 0.6 is 0 Å². The number of ether oxygens (including phenoxy) is 2. The fraction of sp³-hybridized carbons (Fsp3) is 0.577. The van der Waals surface area contributed by atoms with Crippen LogP contribution in [0.2, 0.25) is 0 Å². The molecule has 1 aliphatic heterocycles. The summed E-state index contributed by atoms with van der Waals surface area (Å²) < 4.78 is 10.8. The number of imide groups is 1. The van der Waals surface area contributed by atoms with E-state index in [-0.39, 0.29) is 67.4 Å². The number of nitrogens with zero attached hydrogens (tertiary/aromatic N) is 1. The van der Waals surface area contributed by atoms with Crippen LogP contribution in [0.25, 0.3) is 0 Å². The van der Waals surface area contributed by atoms with E-state index in [4.69, 9.17) is 9.47 Å². The maximum absolute atomic E-state index is 12.1. The van der Waals surface area contributed by atoms with Crippen molar-refractivity contribution in [2.24, 2.45) is 11.8 Å². The van der Waals surface area contributed by atoms with Gasteiger partial charge in [-0.15, -0.1) is 0 Å². The summed E-state index contributed by atoms with van der Waals surface area (Å²) in [6.45, 7) is 6.71. The monoisotopic (exact) mass is 503 g/mol. The average Bonchev–Trinajstić information content (AvgIpc) is 3.02. The van der Waals surface area contributed by atoms with Crippen LogP contribution in [0.15, 0.2) is 24.3 Å². The van der Waals surface area contributed by atoms with Crippen LogP contribution in [0.4, 0.5) is 5.69 Å². The van der Waals surface area contributed by atoms with E-state index in [1.807, 2.05) is 12.1 Å². The summed E-state index contributed by atoms with van der Waals surface area (Å²) in [5.74, 6) is -1.11. The lowest BCUT2D eigenvalue weighted by atomic mass is 10.00. The Morgan fingerprint density at radius 1 is 0.833 bits per heavy atom.